The molecule has 5 nitrogen and oxygen atoms in total. The Kier molecular flexibility index (Phi) is 2.59. The van der Waals surface area contributed by atoms with Crippen LogP contribution in [0.15, 0.2) is 36.5 Å². The first kappa shape index (κ1) is 11.5. The summed E-state index contributed by atoms with van der Waals surface area (Å²) in [5, 5.41) is 0.875. The number of hydrogen-bond donors (Lipinski definition) is 1. The molecule has 0 spiro atoms. The summed E-state index contributed by atoms with van der Waals surface area (Å²) in [6.07, 6.45) is 1.92. The van der Waals surface area contributed by atoms with Crippen LogP contribution in [0.3, 0.4) is 0 Å². The molecule has 0 unspecified atom stereocenters. The zero-order valence-electron chi connectivity index (χ0n) is 10.8. The van der Waals surface area contributed by atoms with Crippen LogP contribution in [0, 0.1) is 0 Å². The van der Waals surface area contributed by atoms with Gasteiger partial charge in [0, 0.05) is 18.8 Å². The highest BCUT2D eigenvalue weighted by atomic mass is 16.5. The summed E-state index contributed by atoms with van der Waals surface area (Å²) in [5.74, 6) is 1.92. The molecule has 3 aromatic rings. The first-order chi connectivity index (χ1) is 9.19. The fourth-order valence-electron chi connectivity index (χ4n) is 2.03. The summed E-state index contributed by atoms with van der Waals surface area (Å²) in [4.78, 5) is 8.91. The predicted octanol–water partition coefficient (Wildman–Crippen LogP) is 2.23. The molecule has 96 valence electrons. The van der Waals surface area contributed by atoms with Crippen LogP contribution in [0.5, 0.6) is 5.75 Å². The number of fused-ring (bicyclic) bond motifs is 1. The minimum absolute atomic E-state index is 0.497. The molecule has 0 bridgehead atoms. The van der Waals surface area contributed by atoms with Crippen molar-refractivity contribution in [1.82, 2.24) is 14.5 Å². The van der Waals surface area contributed by atoms with Crippen molar-refractivity contribution >= 4 is 16.9 Å². The van der Waals surface area contributed by atoms with E-state index in [-0.39, 0.29) is 0 Å². The van der Waals surface area contributed by atoms with E-state index in [1.807, 2.05) is 48.1 Å². The van der Waals surface area contributed by atoms with Crippen LogP contribution < -0.4 is 10.5 Å². The van der Waals surface area contributed by atoms with Crippen LogP contribution in [0.25, 0.3) is 22.4 Å². The van der Waals surface area contributed by atoms with Gasteiger partial charge in [0.2, 0.25) is 0 Å². The third-order valence-electron chi connectivity index (χ3n) is 3.10. The molecule has 0 aliphatic rings. The van der Waals surface area contributed by atoms with E-state index in [0.29, 0.717) is 11.6 Å². The SMILES string of the molecule is COc1ccc(-c2nc(N)c3ccn(C)c3n2)cc1. The Morgan fingerprint density at radius 2 is 1.84 bits per heavy atom. The summed E-state index contributed by atoms with van der Waals surface area (Å²) in [6.45, 7) is 0. The number of aromatic nitrogens is 3. The molecule has 0 fully saturated rings. The van der Waals surface area contributed by atoms with Crippen LogP contribution in [0.4, 0.5) is 5.82 Å². The Balaban J connectivity index is 2.15. The molecule has 0 amide bonds. The number of nitrogens with two attached hydrogens (primary N) is 1. The van der Waals surface area contributed by atoms with E-state index < -0.39 is 0 Å². The minimum atomic E-state index is 0.497. The molecule has 1 aromatic carbocycles. The molecule has 0 atom stereocenters. The Bertz CT molecular complexity index is 731. The van der Waals surface area contributed by atoms with Crippen molar-refractivity contribution < 1.29 is 4.74 Å². The van der Waals surface area contributed by atoms with E-state index in [9.17, 15) is 0 Å². The number of nitrogen functional groups attached to an aromatic ring is 1. The van der Waals surface area contributed by atoms with Gasteiger partial charge in [-0.25, -0.2) is 9.97 Å². The van der Waals surface area contributed by atoms with Crippen molar-refractivity contribution in [3.8, 4) is 17.1 Å². The lowest BCUT2D eigenvalue weighted by molar-refractivity contribution is 0.415. The fraction of sp³-hybridized carbons (Fsp3) is 0.143. The van der Waals surface area contributed by atoms with E-state index >= 15 is 0 Å². The van der Waals surface area contributed by atoms with Gasteiger partial charge in [0.05, 0.1) is 12.5 Å². The van der Waals surface area contributed by atoms with Crippen LogP contribution in [-0.4, -0.2) is 21.6 Å². The lowest BCUT2D eigenvalue weighted by Crippen LogP contribution is -1.99. The van der Waals surface area contributed by atoms with Gasteiger partial charge in [-0.1, -0.05) is 0 Å². The van der Waals surface area contributed by atoms with Gasteiger partial charge in [-0.3, -0.25) is 0 Å². The molecule has 0 aliphatic heterocycles. The van der Waals surface area contributed by atoms with Crippen molar-refractivity contribution in [2.75, 3.05) is 12.8 Å². The number of nitrogens with zero attached hydrogens (tertiary/aromatic N) is 3. The largest absolute Gasteiger partial charge is 0.497 e. The third kappa shape index (κ3) is 1.89. The maximum atomic E-state index is 5.97. The van der Waals surface area contributed by atoms with Crippen LogP contribution in [-0.2, 0) is 7.05 Å². The molecule has 2 aromatic heterocycles. The second-order valence-corrected chi connectivity index (χ2v) is 4.32. The summed E-state index contributed by atoms with van der Waals surface area (Å²) < 4.78 is 7.07. The zero-order valence-corrected chi connectivity index (χ0v) is 10.8. The van der Waals surface area contributed by atoms with Gasteiger partial charge in [-0.05, 0) is 30.3 Å². The molecule has 2 N–H and O–H groups in total. The fourth-order valence-corrected chi connectivity index (χ4v) is 2.03. The maximum Gasteiger partial charge on any atom is 0.163 e. The number of ether oxygens (including phenoxy) is 1. The summed E-state index contributed by atoms with van der Waals surface area (Å²) in [6, 6.07) is 9.52. The number of benzene rings is 1. The Labute approximate surface area is 110 Å². The van der Waals surface area contributed by atoms with Gasteiger partial charge in [0.25, 0.3) is 0 Å². The Morgan fingerprint density at radius 1 is 1.11 bits per heavy atom. The molecule has 0 radical (unpaired) electrons. The molecule has 3 rings (SSSR count). The lowest BCUT2D eigenvalue weighted by Gasteiger charge is -2.05. The number of aryl methyl sites for hydroxylation is 1. The second-order valence-electron chi connectivity index (χ2n) is 4.32. The van der Waals surface area contributed by atoms with E-state index in [1.165, 1.54) is 0 Å². The van der Waals surface area contributed by atoms with Crippen molar-refractivity contribution in [3.05, 3.63) is 36.5 Å². The second kappa shape index (κ2) is 4.28. The minimum Gasteiger partial charge on any atom is -0.497 e. The van der Waals surface area contributed by atoms with Crippen LogP contribution >= 0.6 is 0 Å². The molecule has 2 heterocycles. The smallest absolute Gasteiger partial charge is 0.163 e. The molecule has 5 heteroatoms. The normalized spacial score (nSPS) is 10.8. The highest BCUT2D eigenvalue weighted by Crippen LogP contribution is 2.24. The summed E-state index contributed by atoms with van der Waals surface area (Å²) >= 11 is 0. The quantitative estimate of drug-likeness (QED) is 0.761. The number of hydrogen-bond acceptors (Lipinski definition) is 4. The van der Waals surface area contributed by atoms with Gasteiger partial charge < -0.3 is 15.0 Å². The van der Waals surface area contributed by atoms with Crippen molar-refractivity contribution in [2.45, 2.75) is 0 Å². The Hall–Kier alpha value is -2.56. The van der Waals surface area contributed by atoms with Gasteiger partial charge in [-0.2, -0.15) is 0 Å². The predicted molar refractivity (Wildman–Crippen MR) is 74.9 cm³/mol. The van der Waals surface area contributed by atoms with Gasteiger partial charge in [0.15, 0.2) is 5.82 Å². The van der Waals surface area contributed by atoms with E-state index in [0.717, 1.165) is 22.3 Å². The summed E-state index contributed by atoms with van der Waals surface area (Å²) in [5.41, 5.74) is 7.72. The van der Waals surface area contributed by atoms with E-state index in [2.05, 4.69) is 9.97 Å². The number of methoxy groups -OCH3 is 1. The average Bonchev–Trinajstić information content (AvgIpc) is 2.81. The van der Waals surface area contributed by atoms with Crippen molar-refractivity contribution in [1.29, 1.82) is 0 Å². The molecule has 19 heavy (non-hydrogen) atoms. The first-order valence-corrected chi connectivity index (χ1v) is 5.92. The number of rotatable bonds is 2. The van der Waals surface area contributed by atoms with Gasteiger partial charge in [-0.15, -0.1) is 0 Å². The summed E-state index contributed by atoms with van der Waals surface area (Å²) in [7, 11) is 3.58. The molecular weight excluding hydrogens is 240 g/mol. The van der Waals surface area contributed by atoms with E-state index in [1.54, 1.807) is 7.11 Å². The standard InChI is InChI=1S/C14H14N4O/c1-18-8-7-11-12(15)16-13(17-14(11)18)9-3-5-10(19-2)6-4-9/h3-8H,1-2H3,(H2,15,16,17). The Morgan fingerprint density at radius 3 is 2.53 bits per heavy atom. The molecule has 0 saturated heterocycles. The highest BCUT2D eigenvalue weighted by molar-refractivity contribution is 5.88. The number of anilines is 1. The topological polar surface area (TPSA) is 66.0 Å². The van der Waals surface area contributed by atoms with Gasteiger partial charge >= 0.3 is 0 Å². The maximum absolute atomic E-state index is 5.97. The monoisotopic (exact) mass is 254 g/mol. The van der Waals surface area contributed by atoms with Crippen LogP contribution in [0.2, 0.25) is 0 Å². The molecule has 0 aliphatic carbocycles. The molecule has 0 saturated carbocycles. The van der Waals surface area contributed by atoms with Gasteiger partial charge in [0.1, 0.15) is 17.2 Å². The van der Waals surface area contributed by atoms with Crippen molar-refractivity contribution in [2.24, 2.45) is 7.05 Å². The van der Waals surface area contributed by atoms with Crippen molar-refractivity contribution in [3.63, 3.8) is 0 Å². The highest BCUT2D eigenvalue weighted by Gasteiger charge is 2.09. The zero-order chi connectivity index (χ0) is 13.4. The lowest BCUT2D eigenvalue weighted by atomic mass is 10.2. The average molecular weight is 254 g/mol. The molecular formula is C14H14N4O. The first-order valence-electron chi connectivity index (χ1n) is 5.92. The van der Waals surface area contributed by atoms with E-state index in [4.69, 9.17) is 10.5 Å². The van der Waals surface area contributed by atoms with Crippen LogP contribution in [0.1, 0.15) is 0 Å². The third-order valence-corrected chi connectivity index (χ3v) is 3.10.